The van der Waals surface area contributed by atoms with E-state index in [9.17, 15) is 4.79 Å². The number of amides is 1. The van der Waals surface area contributed by atoms with E-state index in [1.807, 2.05) is 66.7 Å². The lowest BCUT2D eigenvalue weighted by atomic mass is 10.0. The highest BCUT2D eigenvalue weighted by atomic mass is 32.1. The van der Waals surface area contributed by atoms with E-state index in [4.69, 9.17) is 9.97 Å². The summed E-state index contributed by atoms with van der Waals surface area (Å²) in [5.74, 6) is -0.127. The molecule has 4 heterocycles. The molecule has 0 spiro atoms. The summed E-state index contributed by atoms with van der Waals surface area (Å²) in [5.41, 5.74) is 6.59. The Labute approximate surface area is 241 Å². The van der Waals surface area contributed by atoms with E-state index in [1.165, 1.54) is 10.4 Å². The molecule has 7 rings (SSSR count). The van der Waals surface area contributed by atoms with Gasteiger partial charge < -0.3 is 5.32 Å². The molecule has 0 aliphatic carbocycles. The molecule has 1 amide bonds. The maximum absolute atomic E-state index is 14.1. The van der Waals surface area contributed by atoms with E-state index >= 15 is 0 Å². The molecular weight excluding hydrogens is 533 g/mol. The van der Waals surface area contributed by atoms with Gasteiger partial charge in [0.05, 0.1) is 27.0 Å². The summed E-state index contributed by atoms with van der Waals surface area (Å²) in [7, 11) is 0. The number of hydrogen-bond acceptors (Lipinski definition) is 6. The number of thiazole rings is 1. The van der Waals surface area contributed by atoms with E-state index in [-0.39, 0.29) is 5.91 Å². The number of fused-ring (bicyclic) bond motifs is 3. The third-order valence-electron chi connectivity index (χ3n) is 7.58. The van der Waals surface area contributed by atoms with Crippen LogP contribution in [0.25, 0.3) is 42.9 Å². The van der Waals surface area contributed by atoms with E-state index in [2.05, 4.69) is 42.3 Å². The van der Waals surface area contributed by atoms with Crippen LogP contribution in [0.15, 0.2) is 84.9 Å². The van der Waals surface area contributed by atoms with Gasteiger partial charge in [0.25, 0.3) is 5.91 Å². The Bertz CT molecular complexity index is 1840. The maximum Gasteiger partial charge on any atom is 0.257 e. The van der Waals surface area contributed by atoms with Crippen LogP contribution in [-0.2, 0) is 13.0 Å². The first-order valence-electron chi connectivity index (χ1n) is 13.6. The van der Waals surface area contributed by atoms with Crippen LogP contribution in [-0.4, -0.2) is 33.4 Å². The lowest BCUT2D eigenvalue weighted by molar-refractivity contribution is 0.102. The van der Waals surface area contributed by atoms with Crippen LogP contribution in [0.3, 0.4) is 0 Å². The summed E-state index contributed by atoms with van der Waals surface area (Å²) in [5, 5.41) is 6.03. The van der Waals surface area contributed by atoms with Gasteiger partial charge in [0, 0.05) is 40.5 Å². The third kappa shape index (κ3) is 4.50. The normalized spacial score (nSPS) is 13.7. The largest absolute Gasteiger partial charge is 0.313 e. The highest BCUT2D eigenvalue weighted by Gasteiger charge is 2.29. The molecule has 0 radical (unpaired) electrons. The minimum atomic E-state index is -0.127. The van der Waals surface area contributed by atoms with Gasteiger partial charge >= 0.3 is 0 Å². The molecule has 7 heteroatoms. The van der Waals surface area contributed by atoms with Crippen LogP contribution in [0.4, 0.5) is 5.00 Å². The van der Waals surface area contributed by atoms with E-state index in [0.717, 1.165) is 67.5 Å². The molecule has 0 unspecified atom stereocenters. The Morgan fingerprint density at radius 2 is 1.65 bits per heavy atom. The lowest BCUT2D eigenvalue weighted by Crippen LogP contribution is -2.35. The summed E-state index contributed by atoms with van der Waals surface area (Å²) in [6.07, 6.45) is 0.946. The summed E-state index contributed by atoms with van der Waals surface area (Å²) in [6, 6.07) is 28.5. The molecule has 0 saturated heterocycles. The number of para-hydroxylation sites is 2. The average Bonchev–Trinajstić information content (AvgIpc) is 3.57. The van der Waals surface area contributed by atoms with Crippen LogP contribution in [0.2, 0.25) is 0 Å². The zero-order valence-corrected chi connectivity index (χ0v) is 24.0. The van der Waals surface area contributed by atoms with Crippen LogP contribution < -0.4 is 5.32 Å². The van der Waals surface area contributed by atoms with Crippen molar-refractivity contribution < 1.29 is 4.79 Å². The van der Waals surface area contributed by atoms with Gasteiger partial charge in [0.15, 0.2) is 0 Å². The van der Waals surface area contributed by atoms with Crippen molar-refractivity contribution in [2.24, 2.45) is 0 Å². The van der Waals surface area contributed by atoms with Gasteiger partial charge in [-0.3, -0.25) is 9.69 Å². The van der Waals surface area contributed by atoms with Crippen molar-refractivity contribution in [3.63, 3.8) is 0 Å². The average molecular weight is 561 g/mol. The predicted octanol–water partition coefficient (Wildman–Crippen LogP) is 8.26. The van der Waals surface area contributed by atoms with Crippen molar-refractivity contribution >= 4 is 54.7 Å². The van der Waals surface area contributed by atoms with Gasteiger partial charge in [0.2, 0.25) is 0 Å². The summed E-state index contributed by atoms with van der Waals surface area (Å²) in [4.78, 5) is 27.8. The molecule has 198 valence electrons. The number of pyridine rings is 1. The van der Waals surface area contributed by atoms with Gasteiger partial charge in [-0.15, -0.1) is 22.7 Å². The number of nitrogens with zero attached hydrogens (tertiary/aromatic N) is 3. The van der Waals surface area contributed by atoms with Crippen molar-refractivity contribution in [2.45, 2.75) is 32.9 Å². The van der Waals surface area contributed by atoms with Crippen LogP contribution in [0, 0.1) is 0 Å². The number of benzene rings is 3. The number of hydrogen-bond donors (Lipinski definition) is 1. The van der Waals surface area contributed by atoms with Crippen molar-refractivity contribution in [1.82, 2.24) is 14.9 Å². The van der Waals surface area contributed by atoms with Gasteiger partial charge in [-0.05, 0) is 50.1 Å². The maximum atomic E-state index is 14.1. The van der Waals surface area contributed by atoms with Crippen molar-refractivity contribution in [2.75, 3.05) is 11.9 Å². The highest BCUT2D eigenvalue weighted by molar-refractivity contribution is 7.23. The molecule has 3 aromatic carbocycles. The van der Waals surface area contributed by atoms with Gasteiger partial charge in [-0.25, -0.2) is 9.97 Å². The molecule has 1 aliphatic rings. The van der Waals surface area contributed by atoms with Crippen molar-refractivity contribution in [3.8, 4) is 21.8 Å². The Hall–Kier alpha value is -3.91. The monoisotopic (exact) mass is 560 g/mol. The summed E-state index contributed by atoms with van der Waals surface area (Å²) < 4.78 is 1.15. The molecule has 5 nitrogen and oxygen atoms in total. The van der Waals surface area contributed by atoms with Crippen LogP contribution >= 0.6 is 22.7 Å². The van der Waals surface area contributed by atoms with E-state index < -0.39 is 0 Å². The van der Waals surface area contributed by atoms with Crippen LogP contribution in [0.1, 0.15) is 34.6 Å². The number of rotatable bonds is 5. The number of carbonyl (C=O) groups excluding carboxylic acids is 1. The fourth-order valence-corrected chi connectivity index (χ4v) is 7.83. The number of thiophene rings is 1. The van der Waals surface area contributed by atoms with Crippen molar-refractivity contribution in [3.05, 3.63) is 101 Å². The molecule has 1 N–H and O–H groups in total. The first kappa shape index (κ1) is 25.1. The standard InChI is InChI=1S/C33H28N4OS2/c1-20(2)37-17-16-23-29(19-37)40-33(30(23)32-35-26-14-8-9-15-28(26)39-32)36-31(38)24-18-27(21-10-4-3-5-11-21)34-25-13-7-6-12-22(24)25/h3-15,18,20H,16-17,19H2,1-2H3,(H,36,38). The minimum Gasteiger partial charge on any atom is -0.313 e. The van der Waals surface area contributed by atoms with E-state index in [0.29, 0.717) is 11.6 Å². The zero-order valence-electron chi connectivity index (χ0n) is 22.3. The highest BCUT2D eigenvalue weighted by Crippen LogP contribution is 2.46. The second-order valence-electron chi connectivity index (χ2n) is 10.4. The first-order valence-corrected chi connectivity index (χ1v) is 15.2. The Morgan fingerprint density at radius 1 is 0.900 bits per heavy atom. The van der Waals surface area contributed by atoms with E-state index in [1.54, 1.807) is 22.7 Å². The smallest absolute Gasteiger partial charge is 0.257 e. The minimum absolute atomic E-state index is 0.127. The second-order valence-corrected chi connectivity index (χ2v) is 12.5. The fraction of sp³-hybridized carbons (Fsp3) is 0.182. The number of carbonyl (C=O) groups is 1. The van der Waals surface area contributed by atoms with Crippen molar-refractivity contribution in [1.29, 1.82) is 0 Å². The van der Waals surface area contributed by atoms with Crippen LogP contribution in [0.5, 0.6) is 0 Å². The quantitative estimate of drug-likeness (QED) is 0.231. The fourth-order valence-electron chi connectivity index (χ4n) is 5.45. The Kier molecular flexibility index (Phi) is 6.42. The van der Waals surface area contributed by atoms with Gasteiger partial charge in [0.1, 0.15) is 10.0 Å². The zero-order chi connectivity index (χ0) is 27.2. The molecule has 6 aromatic rings. The second kappa shape index (κ2) is 10.2. The molecule has 0 atom stereocenters. The summed E-state index contributed by atoms with van der Waals surface area (Å²) >= 11 is 3.39. The Morgan fingerprint density at radius 3 is 2.45 bits per heavy atom. The number of nitrogens with one attached hydrogen (secondary N) is 1. The molecular formula is C33H28N4OS2. The lowest BCUT2D eigenvalue weighted by Gasteiger charge is -2.30. The first-order chi connectivity index (χ1) is 19.5. The molecule has 1 aliphatic heterocycles. The third-order valence-corrected chi connectivity index (χ3v) is 9.77. The Balaban J connectivity index is 1.34. The molecule has 3 aromatic heterocycles. The number of anilines is 1. The van der Waals surface area contributed by atoms with Gasteiger partial charge in [-0.2, -0.15) is 0 Å². The molecule has 40 heavy (non-hydrogen) atoms. The predicted molar refractivity (Wildman–Crippen MR) is 167 cm³/mol. The molecule has 0 fully saturated rings. The molecule has 0 saturated carbocycles. The topological polar surface area (TPSA) is 58.1 Å². The number of aromatic nitrogens is 2. The van der Waals surface area contributed by atoms with Gasteiger partial charge in [-0.1, -0.05) is 60.7 Å². The summed E-state index contributed by atoms with van der Waals surface area (Å²) in [6.45, 7) is 6.38. The molecule has 0 bridgehead atoms. The SMILES string of the molecule is CC(C)N1CCc2c(sc(NC(=O)c3cc(-c4ccccc4)nc4ccccc34)c2-c2nc3ccccc3s2)C1.